The zero-order valence-electron chi connectivity index (χ0n) is 14.1. The van der Waals surface area contributed by atoms with Crippen LogP contribution in [0.1, 0.15) is 37.5 Å². The van der Waals surface area contributed by atoms with Crippen molar-refractivity contribution in [1.82, 2.24) is 0 Å². The van der Waals surface area contributed by atoms with Crippen LogP contribution in [-0.4, -0.2) is 12.8 Å². The Hall–Kier alpha value is -2.09. The highest BCUT2D eigenvalue weighted by Crippen LogP contribution is 2.41. The Morgan fingerprint density at radius 3 is 2.32 bits per heavy atom. The molecule has 2 aromatic rings. The van der Waals surface area contributed by atoms with Gasteiger partial charge >= 0.3 is 0 Å². The van der Waals surface area contributed by atoms with Crippen molar-refractivity contribution in [3.8, 4) is 0 Å². The fraction of sp³-hybridized carbons (Fsp3) is 0.350. The fourth-order valence-corrected chi connectivity index (χ4v) is 3.37. The number of hydrogen-bond donors (Lipinski definition) is 0. The minimum absolute atomic E-state index is 0.362. The van der Waals surface area contributed by atoms with Crippen LogP contribution >= 0.6 is 0 Å². The van der Waals surface area contributed by atoms with E-state index >= 15 is 0 Å². The second kappa shape index (κ2) is 5.28. The third-order valence-electron chi connectivity index (χ3n) is 4.73. The summed E-state index contributed by atoms with van der Waals surface area (Å²) in [7, 11) is 2.14. The van der Waals surface area contributed by atoms with Gasteiger partial charge in [0, 0.05) is 29.6 Å². The summed E-state index contributed by atoms with van der Waals surface area (Å²) >= 11 is 0. The lowest BCUT2D eigenvalue weighted by Gasteiger charge is -2.44. The number of rotatable bonds is 2. The summed E-state index contributed by atoms with van der Waals surface area (Å²) in [5.41, 5.74) is 5.89. The smallest absolute Gasteiger partial charge is 0.155 e. The van der Waals surface area contributed by atoms with Gasteiger partial charge in [-0.25, -0.2) is 0 Å². The topological polar surface area (TPSA) is 15.6 Å². The first-order chi connectivity index (χ1) is 10.4. The standard InChI is InChI=1S/C20H24N2/c1-14(2)19-16-11-7-9-13-18(16)22(5)20(4,21-19)17-12-8-6-10-15(17)3/h6-14H,1-5H3. The van der Waals surface area contributed by atoms with Crippen molar-refractivity contribution < 1.29 is 0 Å². The van der Waals surface area contributed by atoms with E-state index in [1.807, 2.05) is 0 Å². The molecule has 0 saturated carbocycles. The molecule has 1 heterocycles. The van der Waals surface area contributed by atoms with Gasteiger partial charge in [0.15, 0.2) is 5.66 Å². The van der Waals surface area contributed by atoms with Crippen molar-refractivity contribution in [1.29, 1.82) is 0 Å². The SMILES string of the molecule is Cc1ccccc1C1(C)N=C(C(C)C)c2ccccc2N1C. The maximum absolute atomic E-state index is 5.21. The number of para-hydroxylation sites is 1. The first-order valence-corrected chi connectivity index (χ1v) is 7.94. The van der Waals surface area contributed by atoms with Crippen molar-refractivity contribution in [3.63, 3.8) is 0 Å². The molecule has 22 heavy (non-hydrogen) atoms. The molecule has 1 aliphatic rings. The van der Waals surface area contributed by atoms with Crippen LogP contribution in [0.5, 0.6) is 0 Å². The van der Waals surface area contributed by atoms with Crippen LogP contribution in [0.3, 0.4) is 0 Å². The molecule has 0 radical (unpaired) electrons. The average molecular weight is 292 g/mol. The summed E-state index contributed by atoms with van der Waals surface area (Å²) in [6, 6.07) is 17.1. The van der Waals surface area contributed by atoms with Gasteiger partial charge in [0.25, 0.3) is 0 Å². The van der Waals surface area contributed by atoms with Crippen molar-refractivity contribution in [2.24, 2.45) is 10.9 Å². The number of aliphatic imine (C=N–C) groups is 1. The molecule has 0 bridgehead atoms. The van der Waals surface area contributed by atoms with E-state index in [0.717, 1.165) is 0 Å². The van der Waals surface area contributed by atoms with Crippen LogP contribution < -0.4 is 4.90 Å². The van der Waals surface area contributed by atoms with Crippen molar-refractivity contribution in [2.45, 2.75) is 33.4 Å². The largest absolute Gasteiger partial charge is 0.346 e. The third-order valence-corrected chi connectivity index (χ3v) is 4.73. The Labute approximate surface area is 133 Å². The second-order valence-electron chi connectivity index (χ2n) is 6.56. The third kappa shape index (κ3) is 2.14. The van der Waals surface area contributed by atoms with Crippen LogP contribution in [0.2, 0.25) is 0 Å². The van der Waals surface area contributed by atoms with Gasteiger partial charge in [-0.3, -0.25) is 4.99 Å². The molecule has 0 N–H and O–H groups in total. The molecular weight excluding hydrogens is 268 g/mol. The van der Waals surface area contributed by atoms with E-state index in [-0.39, 0.29) is 5.66 Å². The molecule has 3 rings (SSSR count). The number of nitrogens with zero attached hydrogens (tertiary/aromatic N) is 2. The Morgan fingerprint density at radius 1 is 1.00 bits per heavy atom. The molecule has 0 aliphatic carbocycles. The molecule has 0 spiro atoms. The van der Waals surface area contributed by atoms with Gasteiger partial charge in [0.2, 0.25) is 0 Å². The van der Waals surface area contributed by atoms with Crippen molar-refractivity contribution in [3.05, 3.63) is 65.2 Å². The molecule has 0 aromatic heterocycles. The van der Waals surface area contributed by atoms with Gasteiger partial charge in [-0.15, -0.1) is 0 Å². The Morgan fingerprint density at radius 2 is 1.64 bits per heavy atom. The predicted octanol–water partition coefficient (Wildman–Crippen LogP) is 4.76. The summed E-state index contributed by atoms with van der Waals surface area (Å²) in [6.45, 7) is 8.82. The molecule has 0 fully saturated rings. The summed E-state index contributed by atoms with van der Waals surface area (Å²) in [5, 5.41) is 0. The van der Waals surface area contributed by atoms with Crippen LogP contribution in [-0.2, 0) is 5.66 Å². The predicted molar refractivity (Wildman–Crippen MR) is 94.8 cm³/mol. The maximum Gasteiger partial charge on any atom is 0.155 e. The summed E-state index contributed by atoms with van der Waals surface area (Å²) < 4.78 is 0. The Balaban J connectivity index is 2.26. The monoisotopic (exact) mass is 292 g/mol. The normalized spacial score (nSPS) is 20.8. The summed E-state index contributed by atoms with van der Waals surface area (Å²) in [6.07, 6.45) is 0. The summed E-state index contributed by atoms with van der Waals surface area (Å²) in [5.74, 6) is 0.401. The minimum Gasteiger partial charge on any atom is -0.346 e. The van der Waals surface area contributed by atoms with Gasteiger partial charge in [0.05, 0.1) is 0 Å². The highest BCUT2D eigenvalue weighted by atomic mass is 15.3. The molecular formula is C20H24N2. The van der Waals surface area contributed by atoms with E-state index in [9.17, 15) is 0 Å². The molecule has 2 aromatic carbocycles. The molecule has 1 aliphatic heterocycles. The van der Waals surface area contributed by atoms with Gasteiger partial charge in [-0.05, 0) is 31.4 Å². The number of fused-ring (bicyclic) bond motifs is 1. The van der Waals surface area contributed by atoms with E-state index in [2.05, 4.69) is 88.2 Å². The number of aryl methyl sites for hydroxylation is 1. The zero-order valence-corrected chi connectivity index (χ0v) is 14.1. The lowest BCUT2D eigenvalue weighted by molar-refractivity contribution is 0.476. The van der Waals surface area contributed by atoms with Crippen LogP contribution in [0.25, 0.3) is 0 Å². The quantitative estimate of drug-likeness (QED) is 0.779. The number of hydrogen-bond acceptors (Lipinski definition) is 2. The van der Waals surface area contributed by atoms with Crippen LogP contribution in [0, 0.1) is 12.8 Å². The maximum atomic E-state index is 5.21. The molecule has 2 heteroatoms. The van der Waals surface area contributed by atoms with Gasteiger partial charge in [-0.1, -0.05) is 56.3 Å². The lowest BCUT2D eigenvalue weighted by Crippen LogP contribution is -2.45. The first kappa shape index (κ1) is 14.8. The van der Waals surface area contributed by atoms with E-state index in [1.165, 1.54) is 28.1 Å². The van der Waals surface area contributed by atoms with Crippen molar-refractivity contribution in [2.75, 3.05) is 11.9 Å². The van der Waals surface area contributed by atoms with E-state index in [1.54, 1.807) is 0 Å². The van der Waals surface area contributed by atoms with Crippen LogP contribution in [0.15, 0.2) is 53.5 Å². The molecule has 1 atom stereocenters. The highest BCUT2D eigenvalue weighted by Gasteiger charge is 2.38. The van der Waals surface area contributed by atoms with E-state index in [4.69, 9.17) is 4.99 Å². The van der Waals surface area contributed by atoms with E-state index in [0.29, 0.717) is 5.92 Å². The zero-order chi connectivity index (χ0) is 15.9. The molecule has 0 amide bonds. The second-order valence-corrected chi connectivity index (χ2v) is 6.56. The molecule has 2 nitrogen and oxygen atoms in total. The van der Waals surface area contributed by atoms with Crippen LogP contribution in [0.4, 0.5) is 5.69 Å². The Bertz CT molecular complexity index is 730. The van der Waals surface area contributed by atoms with Crippen molar-refractivity contribution >= 4 is 11.4 Å². The molecule has 0 saturated heterocycles. The summed E-state index contributed by atoms with van der Waals surface area (Å²) in [4.78, 5) is 7.51. The van der Waals surface area contributed by atoms with E-state index < -0.39 is 0 Å². The van der Waals surface area contributed by atoms with Gasteiger partial charge in [0.1, 0.15) is 0 Å². The lowest BCUT2D eigenvalue weighted by atomic mass is 9.88. The highest BCUT2D eigenvalue weighted by molar-refractivity contribution is 6.08. The molecule has 1 unspecified atom stereocenters. The fourth-order valence-electron chi connectivity index (χ4n) is 3.37. The van der Waals surface area contributed by atoms with Gasteiger partial charge in [-0.2, -0.15) is 0 Å². The molecule has 114 valence electrons. The minimum atomic E-state index is -0.362. The first-order valence-electron chi connectivity index (χ1n) is 7.94. The Kier molecular flexibility index (Phi) is 3.56. The van der Waals surface area contributed by atoms with Gasteiger partial charge < -0.3 is 4.90 Å². The average Bonchev–Trinajstić information content (AvgIpc) is 2.51. The number of anilines is 1. The number of benzene rings is 2.